The van der Waals surface area contributed by atoms with Gasteiger partial charge in [-0.1, -0.05) is 32.4 Å². The summed E-state index contributed by atoms with van der Waals surface area (Å²) in [7, 11) is -4.56. The van der Waals surface area contributed by atoms with Crippen LogP contribution >= 0.6 is 0 Å². The average molecular weight is 566 g/mol. The third-order valence-electron chi connectivity index (χ3n) is 10.4. The molecule has 0 bridgehead atoms. The van der Waals surface area contributed by atoms with Crippen LogP contribution in [-0.2, 0) is 19.4 Å². The van der Waals surface area contributed by atoms with Crippen LogP contribution in [0.5, 0.6) is 0 Å². The van der Waals surface area contributed by atoms with Gasteiger partial charge in [-0.3, -0.25) is 14.3 Å². The van der Waals surface area contributed by atoms with Crippen LogP contribution in [-0.4, -0.2) is 65.0 Å². The Morgan fingerprint density at radius 3 is 2.55 bits per heavy atom. The molecule has 0 amide bonds. The van der Waals surface area contributed by atoms with Crippen LogP contribution in [0.15, 0.2) is 16.6 Å². The maximum absolute atomic E-state index is 12.0. The molecule has 0 unspecified atom stereocenters. The molecular formula is C26H40NNaO9S. The minimum Gasteiger partial charge on any atom is -0.862 e. The van der Waals surface area contributed by atoms with Crippen LogP contribution in [0.2, 0.25) is 0 Å². The van der Waals surface area contributed by atoms with Gasteiger partial charge in [-0.05, 0) is 97.7 Å². The van der Waals surface area contributed by atoms with Gasteiger partial charge < -0.3 is 20.4 Å². The Bertz CT molecular complexity index is 1060. The van der Waals surface area contributed by atoms with Crippen LogP contribution in [0.3, 0.4) is 0 Å². The van der Waals surface area contributed by atoms with E-state index in [-0.39, 0.29) is 71.0 Å². The zero-order chi connectivity index (χ0) is 27.3. The molecule has 10 atom stereocenters. The number of aliphatic hydroxyl groups excluding tert-OH is 2. The van der Waals surface area contributed by atoms with Crippen LogP contribution in [0.4, 0.5) is 0 Å². The van der Waals surface area contributed by atoms with E-state index in [0.717, 1.165) is 18.4 Å². The Morgan fingerprint density at radius 1 is 1.24 bits per heavy atom. The number of hydrogen-bond acceptors (Lipinski definition) is 8. The molecule has 0 aromatic carbocycles. The first-order valence-corrected chi connectivity index (χ1v) is 14.7. The average Bonchev–Trinajstić information content (AvgIpc) is 3.15. The first-order valence-electron chi connectivity index (χ1n) is 13.3. The normalized spacial score (nSPS) is 41.7. The summed E-state index contributed by atoms with van der Waals surface area (Å²) in [6.45, 7) is 5.82. The first kappa shape index (κ1) is 32.0. The number of hydrogen-bond donors (Lipinski definition) is 4. The number of rotatable bonds is 8. The van der Waals surface area contributed by atoms with Gasteiger partial charge in [0.05, 0.1) is 18.3 Å². The van der Waals surface area contributed by atoms with Crippen molar-refractivity contribution in [3.05, 3.63) is 11.6 Å². The molecular weight excluding hydrogens is 525 g/mol. The third kappa shape index (κ3) is 6.05. The van der Waals surface area contributed by atoms with Gasteiger partial charge in [0.1, 0.15) is 6.54 Å². The van der Waals surface area contributed by atoms with E-state index in [9.17, 15) is 28.5 Å². The Labute approximate surface area is 247 Å². The second-order valence-electron chi connectivity index (χ2n) is 12.2. The molecule has 3 fully saturated rings. The van der Waals surface area contributed by atoms with E-state index in [1.807, 2.05) is 6.08 Å². The second kappa shape index (κ2) is 11.8. The number of carbonyl (C=O) groups is 1. The van der Waals surface area contributed by atoms with Crippen LogP contribution in [0, 0.1) is 40.4 Å². The van der Waals surface area contributed by atoms with Crippen molar-refractivity contribution in [2.24, 2.45) is 45.4 Å². The summed E-state index contributed by atoms with van der Waals surface area (Å²) < 4.78 is 36.5. The summed E-state index contributed by atoms with van der Waals surface area (Å²) in [5.41, 5.74) is 0.214. The fourth-order valence-corrected chi connectivity index (χ4v) is 9.10. The molecule has 0 heterocycles. The molecule has 0 aromatic rings. The predicted octanol–water partition coefficient (Wildman–Crippen LogP) is -1.04. The van der Waals surface area contributed by atoms with Crippen LogP contribution in [0.25, 0.3) is 0 Å². The molecule has 12 heteroatoms. The summed E-state index contributed by atoms with van der Waals surface area (Å²) in [6, 6.07) is 0. The Morgan fingerprint density at radius 2 is 1.92 bits per heavy atom. The van der Waals surface area contributed by atoms with Gasteiger partial charge in [0.25, 0.3) is 0 Å². The summed E-state index contributed by atoms with van der Waals surface area (Å²) in [5, 5.41) is 43.7. The molecule has 0 radical (unpaired) electrons. The number of aliphatic hydroxyl groups is 2. The van der Waals surface area contributed by atoms with Crippen molar-refractivity contribution in [3.8, 4) is 0 Å². The van der Waals surface area contributed by atoms with Crippen LogP contribution < -0.4 is 34.7 Å². The van der Waals surface area contributed by atoms with E-state index in [0.29, 0.717) is 32.1 Å². The zero-order valence-electron chi connectivity index (χ0n) is 22.7. The monoisotopic (exact) mass is 565 g/mol. The van der Waals surface area contributed by atoms with E-state index < -0.39 is 52.5 Å². The number of carboxylic acids is 1. The maximum atomic E-state index is 12.0. The molecule has 4 aliphatic carbocycles. The van der Waals surface area contributed by atoms with Gasteiger partial charge in [-0.15, -0.1) is 0 Å². The van der Waals surface area contributed by atoms with Crippen molar-refractivity contribution in [3.63, 3.8) is 0 Å². The minimum atomic E-state index is -4.56. The Kier molecular flexibility index (Phi) is 9.90. The quantitative estimate of drug-likeness (QED) is 0.0941. The van der Waals surface area contributed by atoms with Gasteiger partial charge >= 0.3 is 45.9 Å². The van der Waals surface area contributed by atoms with Gasteiger partial charge in [0.2, 0.25) is 0 Å². The molecule has 3 saturated carbocycles. The Hall–Kier alpha value is -0.530. The molecule has 38 heavy (non-hydrogen) atoms. The van der Waals surface area contributed by atoms with Crippen molar-refractivity contribution in [1.82, 2.24) is 0 Å². The van der Waals surface area contributed by atoms with E-state index in [4.69, 9.17) is 13.8 Å². The second-order valence-corrected chi connectivity index (χ2v) is 13.2. The molecule has 4 aliphatic rings. The third-order valence-corrected chi connectivity index (χ3v) is 10.9. The van der Waals surface area contributed by atoms with E-state index in [1.54, 1.807) is 0 Å². The largest absolute Gasteiger partial charge is 1.00 e. The van der Waals surface area contributed by atoms with Gasteiger partial charge in [-0.25, -0.2) is 4.18 Å². The first-order chi connectivity index (χ1) is 17.2. The molecule has 0 saturated heterocycles. The smallest absolute Gasteiger partial charge is 0.862 e. The van der Waals surface area contributed by atoms with Gasteiger partial charge in [0.15, 0.2) is 0 Å². The molecule has 0 aliphatic heterocycles. The van der Waals surface area contributed by atoms with E-state index in [2.05, 4.69) is 25.8 Å². The predicted molar refractivity (Wildman–Crippen MR) is 133 cm³/mol. The summed E-state index contributed by atoms with van der Waals surface area (Å²) >= 11 is 0. The number of nitrogens with zero attached hydrogens (tertiary/aromatic N) is 1. The topological polar surface area (TPSA) is 177 Å². The van der Waals surface area contributed by atoms with Crippen molar-refractivity contribution < 1.29 is 71.9 Å². The number of aliphatic carboxylic acids is 1. The number of fused-ring (bicyclic) bond motifs is 5. The fourth-order valence-electron chi connectivity index (χ4n) is 8.59. The summed E-state index contributed by atoms with van der Waals surface area (Å²) in [5.74, 6) is -1.18. The fraction of sp³-hybridized carbons (Fsp3) is 0.846. The SMILES string of the molecule is C[C@H](CCC([O-])=NCC(=O)O)[C@H]1CC[C@H]2[C@@H]3[C@H](O)C=C4C[C@@H](OS(=O)(=O)O)CC[C@]4(C)[C@H]3C[C@H](O)[C@]12C.[Na+]. The summed E-state index contributed by atoms with van der Waals surface area (Å²) in [4.78, 5) is 14.3. The maximum Gasteiger partial charge on any atom is 1.00 e. The molecule has 0 aromatic heterocycles. The van der Waals surface area contributed by atoms with Gasteiger partial charge in [0, 0.05) is 0 Å². The molecule has 210 valence electrons. The number of carboxylic acid groups (broad SMARTS) is 1. The number of aliphatic imine (C=N–C) groups is 1. The zero-order valence-corrected chi connectivity index (χ0v) is 25.6. The molecule has 10 nitrogen and oxygen atoms in total. The van der Waals surface area contributed by atoms with Crippen molar-refractivity contribution in [2.45, 2.75) is 90.4 Å². The van der Waals surface area contributed by atoms with Gasteiger partial charge in [-0.2, -0.15) is 8.42 Å². The standard InChI is InChI=1S/C26H41NO9S.Na/c1-14(4-7-22(30)27-13-23(31)32)17-5-6-18-24-19(12-21(29)26(17,18)3)25(2)9-8-16(36-37(33,34)35)10-15(25)11-20(24)28;/h11,14,16-21,24,28-29H,4-10,12-13H2,1-3H3,(H,27,30)(H,31,32)(H,33,34,35);/q;+1/p-1/t14-,16+,17-,18+,19+,20-,21+,24+,25+,26-;/m1./s1. The van der Waals surface area contributed by atoms with Crippen LogP contribution in [0.1, 0.15) is 72.1 Å². The molecule has 0 spiro atoms. The molecule has 4 rings (SSSR count). The van der Waals surface area contributed by atoms with Crippen molar-refractivity contribution in [2.75, 3.05) is 6.54 Å². The minimum absolute atomic E-state index is 0. The van der Waals surface area contributed by atoms with Crippen molar-refractivity contribution in [1.29, 1.82) is 0 Å². The Balaban J connectivity index is 0.00000400. The van der Waals surface area contributed by atoms with E-state index >= 15 is 0 Å². The van der Waals surface area contributed by atoms with Crippen molar-refractivity contribution >= 4 is 22.3 Å². The summed E-state index contributed by atoms with van der Waals surface area (Å²) in [6.07, 6.45) is 4.32. The molecule has 4 N–H and O–H groups in total. The van der Waals surface area contributed by atoms with E-state index in [1.165, 1.54) is 0 Å².